The van der Waals surface area contributed by atoms with Gasteiger partial charge >= 0.3 is 12.2 Å². The van der Waals surface area contributed by atoms with Gasteiger partial charge in [-0.15, -0.1) is 0 Å². The molecule has 0 amide bonds. The molecule has 1 aliphatic rings. The lowest BCUT2D eigenvalue weighted by Gasteiger charge is -2.17. The minimum Gasteiger partial charge on any atom is -0.424 e. The van der Waals surface area contributed by atoms with E-state index in [1.807, 2.05) is 23.1 Å². The van der Waals surface area contributed by atoms with Crippen molar-refractivity contribution in [2.24, 2.45) is 0 Å². The first kappa shape index (κ1) is 19.9. The van der Waals surface area contributed by atoms with E-state index in [2.05, 4.69) is 20.3 Å². The minimum absolute atomic E-state index is 0.129. The number of anilines is 2. The first-order chi connectivity index (χ1) is 14.5. The van der Waals surface area contributed by atoms with Gasteiger partial charge in [-0.1, -0.05) is 30.3 Å². The highest BCUT2D eigenvalue weighted by atomic mass is 19.4. The Labute approximate surface area is 171 Å². The van der Waals surface area contributed by atoms with Gasteiger partial charge in [-0.2, -0.15) is 28.1 Å². The predicted molar refractivity (Wildman–Crippen MR) is 107 cm³/mol. The molecule has 2 aromatic carbocycles. The number of alkyl halides is 3. The van der Waals surface area contributed by atoms with E-state index in [1.165, 1.54) is 6.07 Å². The molecule has 6 nitrogen and oxygen atoms in total. The van der Waals surface area contributed by atoms with Crippen LogP contribution in [-0.4, -0.2) is 28.0 Å². The highest BCUT2D eigenvalue weighted by Gasteiger charge is 2.30. The zero-order valence-electron chi connectivity index (χ0n) is 16.1. The lowest BCUT2D eigenvalue weighted by atomic mass is 10.1. The molecular formula is C21H20F3N5O. The van der Waals surface area contributed by atoms with E-state index in [0.717, 1.165) is 38.1 Å². The monoisotopic (exact) mass is 415 g/mol. The van der Waals surface area contributed by atoms with Gasteiger partial charge in [0.15, 0.2) is 0 Å². The summed E-state index contributed by atoms with van der Waals surface area (Å²) >= 11 is 0. The number of aromatic nitrogens is 3. The van der Waals surface area contributed by atoms with Crippen LogP contribution in [0.2, 0.25) is 0 Å². The molecular weight excluding hydrogens is 395 g/mol. The fourth-order valence-electron chi connectivity index (χ4n) is 3.16. The largest absolute Gasteiger partial charge is 0.424 e. The van der Waals surface area contributed by atoms with Crippen LogP contribution in [0.25, 0.3) is 0 Å². The predicted octanol–water partition coefficient (Wildman–Crippen LogP) is 4.90. The molecule has 0 bridgehead atoms. The van der Waals surface area contributed by atoms with Crippen molar-refractivity contribution in [2.45, 2.75) is 25.6 Å². The number of nitrogens with one attached hydrogen (secondary N) is 1. The van der Waals surface area contributed by atoms with Gasteiger partial charge in [-0.25, -0.2) is 0 Å². The van der Waals surface area contributed by atoms with Gasteiger partial charge < -0.3 is 15.0 Å². The maximum atomic E-state index is 12.9. The van der Waals surface area contributed by atoms with Crippen LogP contribution in [0.1, 0.15) is 24.0 Å². The van der Waals surface area contributed by atoms with Gasteiger partial charge in [0, 0.05) is 19.6 Å². The summed E-state index contributed by atoms with van der Waals surface area (Å²) in [6.45, 7) is 1.81. The van der Waals surface area contributed by atoms with Crippen molar-refractivity contribution in [3.63, 3.8) is 0 Å². The van der Waals surface area contributed by atoms with E-state index in [0.29, 0.717) is 17.3 Å². The van der Waals surface area contributed by atoms with Crippen LogP contribution in [0.5, 0.6) is 11.8 Å². The van der Waals surface area contributed by atoms with Gasteiger partial charge in [0.25, 0.3) is 0 Å². The van der Waals surface area contributed by atoms with Gasteiger partial charge in [-0.05, 0) is 42.7 Å². The fraction of sp³-hybridized carbons (Fsp3) is 0.286. The van der Waals surface area contributed by atoms with Gasteiger partial charge in [0.05, 0.1) is 5.56 Å². The summed E-state index contributed by atoms with van der Waals surface area (Å²) in [5.74, 6) is 1.31. The third kappa shape index (κ3) is 4.97. The highest BCUT2D eigenvalue weighted by molar-refractivity contribution is 5.41. The highest BCUT2D eigenvalue weighted by Crippen LogP contribution is 2.30. The number of ether oxygens (including phenoxy) is 1. The van der Waals surface area contributed by atoms with E-state index in [-0.39, 0.29) is 18.5 Å². The van der Waals surface area contributed by atoms with Crippen LogP contribution in [0.3, 0.4) is 0 Å². The molecule has 0 unspecified atom stereocenters. The zero-order valence-corrected chi connectivity index (χ0v) is 16.1. The van der Waals surface area contributed by atoms with Crippen molar-refractivity contribution in [3.8, 4) is 11.8 Å². The van der Waals surface area contributed by atoms with Gasteiger partial charge in [0.2, 0.25) is 11.9 Å². The number of rotatable bonds is 6. The Morgan fingerprint density at radius 1 is 0.933 bits per heavy atom. The SMILES string of the molecule is FC(F)(F)c1cccc(CNc2nc(Oc3ccccc3)nc(N3CCCC3)n2)c1. The Bertz CT molecular complexity index is 991. The van der Waals surface area contributed by atoms with Gasteiger partial charge in [-0.3, -0.25) is 0 Å². The van der Waals surface area contributed by atoms with Gasteiger partial charge in [0.1, 0.15) is 5.75 Å². The molecule has 1 fully saturated rings. The van der Waals surface area contributed by atoms with Crippen LogP contribution < -0.4 is 15.0 Å². The molecule has 0 aliphatic carbocycles. The van der Waals surface area contributed by atoms with Crippen LogP contribution in [0.4, 0.5) is 25.1 Å². The van der Waals surface area contributed by atoms with Crippen LogP contribution in [0.15, 0.2) is 54.6 Å². The molecule has 4 rings (SSSR count). The summed E-state index contributed by atoms with van der Waals surface area (Å²) in [4.78, 5) is 15.2. The number of nitrogens with zero attached hydrogens (tertiary/aromatic N) is 4. The quantitative estimate of drug-likeness (QED) is 0.618. The number of para-hydroxylation sites is 1. The molecule has 0 atom stereocenters. The van der Waals surface area contributed by atoms with Crippen molar-refractivity contribution < 1.29 is 17.9 Å². The molecule has 0 radical (unpaired) electrons. The normalized spacial score (nSPS) is 14.0. The summed E-state index contributed by atoms with van der Waals surface area (Å²) < 4.78 is 44.6. The molecule has 0 saturated carbocycles. The Kier molecular flexibility index (Phi) is 5.69. The van der Waals surface area contributed by atoms with Crippen molar-refractivity contribution in [3.05, 3.63) is 65.7 Å². The summed E-state index contributed by atoms with van der Waals surface area (Å²) in [5, 5.41) is 2.99. The third-order valence-electron chi connectivity index (χ3n) is 4.65. The first-order valence-corrected chi connectivity index (χ1v) is 9.61. The Morgan fingerprint density at radius 3 is 2.43 bits per heavy atom. The number of benzene rings is 2. The Balaban J connectivity index is 1.55. The molecule has 1 aromatic heterocycles. The van der Waals surface area contributed by atoms with Crippen LogP contribution in [0, 0.1) is 0 Å². The lowest BCUT2D eigenvalue weighted by molar-refractivity contribution is -0.137. The molecule has 2 heterocycles. The van der Waals surface area contributed by atoms with E-state index in [4.69, 9.17) is 4.74 Å². The number of hydrogen-bond donors (Lipinski definition) is 1. The second kappa shape index (κ2) is 8.56. The summed E-state index contributed by atoms with van der Waals surface area (Å²) in [6.07, 6.45) is -2.29. The third-order valence-corrected chi connectivity index (χ3v) is 4.65. The topological polar surface area (TPSA) is 63.2 Å². The van der Waals surface area contributed by atoms with Crippen molar-refractivity contribution in [1.29, 1.82) is 0 Å². The molecule has 30 heavy (non-hydrogen) atoms. The van der Waals surface area contributed by atoms with Crippen molar-refractivity contribution >= 4 is 11.9 Å². The lowest BCUT2D eigenvalue weighted by Crippen LogP contribution is -2.21. The van der Waals surface area contributed by atoms with E-state index >= 15 is 0 Å². The zero-order chi connectivity index (χ0) is 21.0. The Hall–Kier alpha value is -3.36. The second-order valence-electron chi connectivity index (χ2n) is 6.90. The number of halogens is 3. The minimum atomic E-state index is -4.39. The maximum Gasteiger partial charge on any atom is 0.416 e. The molecule has 3 aromatic rings. The molecule has 1 N–H and O–H groups in total. The molecule has 9 heteroatoms. The van der Waals surface area contributed by atoms with Crippen LogP contribution >= 0.6 is 0 Å². The van der Waals surface area contributed by atoms with E-state index in [9.17, 15) is 13.2 Å². The molecule has 1 aliphatic heterocycles. The average Bonchev–Trinajstić information content (AvgIpc) is 3.28. The summed E-state index contributed by atoms with van der Waals surface area (Å²) in [5.41, 5.74) is -0.221. The van der Waals surface area contributed by atoms with Crippen molar-refractivity contribution in [2.75, 3.05) is 23.3 Å². The average molecular weight is 415 g/mol. The summed E-state index contributed by atoms with van der Waals surface area (Å²) in [6, 6.07) is 14.4. The smallest absolute Gasteiger partial charge is 0.416 e. The Morgan fingerprint density at radius 2 is 1.70 bits per heavy atom. The molecule has 0 spiro atoms. The number of hydrogen-bond acceptors (Lipinski definition) is 6. The molecule has 1 saturated heterocycles. The standard InChI is InChI=1S/C21H20F3N5O/c22-21(23,24)16-8-6-7-15(13-16)14-25-18-26-19(29-11-4-5-12-29)28-20(27-18)30-17-9-2-1-3-10-17/h1-3,6-10,13H,4-5,11-12,14H2,(H,25,26,27,28). The summed E-state index contributed by atoms with van der Waals surface area (Å²) in [7, 11) is 0. The fourth-order valence-corrected chi connectivity index (χ4v) is 3.16. The van der Waals surface area contributed by atoms with E-state index in [1.54, 1.807) is 18.2 Å². The van der Waals surface area contributed by atoms with Crippen LogP contribution in [-0.2, 0) is 12.7 Å². The maximum absolute atomic E-state index is 12.9. The second-order valence-corrected chi connectivity index (χ2v) is 6.90. The first-order valence-electron chi connectivity index (χ1n) is 9.61. The molecule has 156 valence electrons. The van der Waals surface area contributed by atoms with Crippen molar-refractivity contribution in [1.82, 2.24) is 15.0 Å². The van der Waals surface area contributed by atoms with E-state index < -0.39 is 11.7 Å².